The molecule has 0 aliphatic carbocycles. The Balaban J connectivity index is 2.05. The van der Waals surface area contributed by atoms with Gasteiger partial charge in [0.1, 0.15) is 6.04 Å². The topological polar surface area (TPSA) is 92.9 Å². The van der Waals surface area contributed by atoms with E-state index >= 15 is 0 Å². The number of nitrogens with zero attached hydrogens (tertiary/aromatic N) is 2. The van der Waals surface area contributed by atoms with Crippen molar-refractivity contribution in [3.8, 4) is 0 Å². The molecule has 1 aromatic rings. The van der Waals surface area contributed by atoms with Gasteiger partial charge in [-0.25, -0.2) is 8.42 Å². The first-order chi connectivity index (χ1) is 15.2. The second-order valence-corrected chi connectivity index (χ2v) is 10.7. The van der Waals surface area contributed by atoms with E-state index in [1.54, 1.807) is 6.08 Å². The second kappa shape index (κ2) is 13.3. The first-order valence-electron chi connectivity index (χ1n) is 11.3. The molecule has 1 aromatic carbocycles. The first-order valence-corrected chi connectivity index (χ1v) is 13.1. The van der Waals surface area contributed by atoms with Crippen LogP contribution < -0.4 is 5.73 Å². The van der Waals surface area contributed by atoms with Crippen LogP contribution in [0.15, 0.2) is 41.3 Å². The minimum atomic E-state index is -3.92. The third-order valence-corrected chi connectivity index (χ3v) is 7.55. The third-order valence-electron chi connectivity index (χ3n) is 5.41. The van der Waals surface area contributed by atoms with Crippen LogP contribution in [0.1, 0.15) is 39.5 Å². The van der Waals surface area contributed by atoms with Gasteiger partial charge in [-0.05, 0) is 49.6 Å². The number of unbranched alkanes of at least 4 members (excludes halogenated alkanes) is 3. The van der Waals surface area contributed by atoms with Gasteiger partial charge in [-0.2, -0.15) is 4.31 Å². The average molecular weight is 486 g/mol. The number of carbonyl (C=O) groups excluding carboxylic acids is 1. The van der Waals surface area contributed by atoms with Gasteiger partial charge in [0.2, 0.25) is 15.9 Å². The summed E-state index contributed by atoms with van der Waals surface area (Å²) < 4.78 is 33.4. The Bertz CT molecular complexity index is 837. The first kappa shape index (κ1) is 26.8. The molecule has 7 nitrogen and oxygen atoms in total. The monoisotopic (exact) mass is 485 g/mol. The molecule has 1 heterocycles. The Hall–Kier alpha value is -1.45. The molecule has 0 bridgehead atoms. The van der Waals surface area contributed by atoms with Crippen molar-refractivity contribution >= 4 is 27.5 Å². The molecule has 2 N–H and O–H groups in total. The lowest BCUT2D eigenvalue weighted by Crippen LogP contribution is -2.47. The van der Waals surface area contributed by atoms with Gasteiger partial charge in [-0.15, -0.1) is 0 Å². The number of carbonyl (C=O) groups is 1. The SMILES string of the molecule is CC(C)/C=C/C(C(N)=O)N(CCCCCCN1CCOCC1)S(=O)(=O)c1ccc(Cl)cc1. The lowest BCUT2D eigenvalue weighted by atomic mass is 10.1. The molecule has 0 spiro atoms. The number of ether oxygens (including phenoxy) is 1. The molecule has 1 amide bonds. The molecule has 180 valence electrons. The number of benzene rings is 1. The number of hydrogen-bond acceptors (Lipinski definition) is 5. The standard InChI is InChI=1S/C23H36ClN3O4S/c1-19(2)7-12-22(23(25)28)27(32(29,30)21-10-8-20(24)9-11-21)14-6-4-3-5-13-26-15-17-31-18-16-26/h7-12,19,22H,3-6,13-18H2,1-2H3,(H2,25,28)/b12-7+. The van der Waals surface area contributed by atoms with Gasteiger partial charge in [-0.3, -0.25) is 9.69 Å². The number of allylic oxidation sites excluding steroid dienone is 1. The number of morpholine rings is 1. The van der Waals surface area contributed by atoms with Gasteiger partial charge in [0, 0.05) is 24.7 Å². The minimum Gasteiger partial charge on any atom is -0.379 e. The summed E-state index contributed by atoms with van der Waals surface area (Å²) in [4.78, 5) is 14.7. The summed E-state index contributed by atoms with van der Waals surface area (Å²) in [5, 5.41) is 0.446. The van der Waals surface area contributed by atoms with Crippen molar-refractivity contribution in [2.45, 2.75) is 50.5 Å². The van der Waals surface area contributed by atoms with Gasteiger partial charge < -0.3 is 10.5 Å². The van der Waals surface area contributed by atoms with Crippen molar-refractivity contribution < 1.29 is 17.9 Å². The molecule has 1 unspecified atom stereocenters. The zero-order chi connectivity index (χ0) is 23.6. The van der Waals surface area contributed by atoms with Crippen LogP contribution in [0.4, 0.5) is 0 Å². The molecule has 1 saturated heterocycles. The maximum atomic E-state index is 13.4. The highest BCUT2D eigenvalue weighted by Crippen LogP contribution is 2.22. The van der Waals surface area contributed by atoms with Crippen molar-refractivity contribution in [1.29, 1.82) is 0 Å². The molecule has 0 aromatic heterocycles. The van der Waals surface area contributed by atoms with E-state index in [9.17, 15) is 13.2 Å². The zero-order valence-corrected chi connectivity index (χ0v) is 20.7. The normalized spacial score (nSPS) is 16.8. The maximum Gasteiger partial charge on any atom is 0.244 e. The van der Waals surface area contributed by atoms with E-state index in [-0.39, 0.29) is 17.4 Å². The van der Waals surface area contributed by atoms with Crippen LogP contribution in [0.5, 0.6) is 0 Å². The fourth-order valence-electron chi connectivity index (χ4n) is 3.59. The molecule has 0 radical (unpaired) electrons. The highest BCUT2D eigenvalue weighted by atomic mass is 35.5. The van der Waals surface area contributed by atoms with Crippen LogP contribution in [0.25, 0.3) is 0 Å². The van der Waals surface area contributed by atoms with Crippen molar-refractivity contribution in [3.63, 3.8) is 0 Å². The largest absolute Gasteiger partial charge is 0.379 e. The summed E-state index contributed by atoms with van der Waals surface area (Å²) in [5.41, 5.74) is 5.62. The number of amides is 1. The van der Waals surface area contributed by atoms with Gasteiger partial charge >= 0.3 is 0 Å². The van der Waals surface area contributed by atoms with E-state index in [1.165, 1.54) is 28.6 Å². The summed E-state index contributed by atoms with van der Waals surface area (Å²) in [7, 11) is -3.92. The van der Waals surface area contributed by atoms with Gasteiger partial charge in [0.25, 0.3) is 0 Å². The second-order valence-electron chi connectivity index (χ2n) is 8.41. The summed E-state index contributed by atoms with van der Waals surface area (Å²) in [6, 6.07) is 4.93. The quantitative estimate of drug-likeness (QED) is 0.342. The Kier molecular flexibility index (Phi) is 11.1. The average Bonchev–Trinajstić information content (AvgIpc) is 2.75. The molecule has 1 aliphatic rings. The van der Waals surface area contributed by atoms with Gasteiger partial charge in [0.15, 0.2) is 0 Å². The third kappa shape index (κ3) is 8.48. The number of rotatable bonds is 13. The van der Waals surface area contributed by atoms with E-state index < -0.39 is 22.0 Å². The Labute approximate surface area is 197 Å². The molecule has 1 fully saturated rings. The van der Waals surface area contributed by atoms with Crippen LogP contribution in [-0.4, -0.2) is 69.0 Å². The number of hydrogen-bond donors (Lipinski definition) is 1. The van der Waals surface area contributed by atoms with Crippen molar-refractivity contribution in [2.75, 3.05) is 39.4 Å². The van der Waals surface area contributed by atoms with Crippen LogP contribution in [0.3, 0.4) is 0 Å². The molecule has 1 aliphatic heterocycles. The lowest BCUT2D eigenvalue weighted by molar-refractivity contribution is -0.120. The van der Waals surface area contributed by atoms with Crippen molar-refractivity contribution in [1.82, 2.24) is 9.21 Å². The Morgan fingerprint density at radius 3 is 2.34 bits per heavy atom. The Morgan fingerprint density at radius 2 is 1.75 bits per heavy atom. The van der Waals surface area contributed by atoms with Crippen LogP contribution >= 0.6 is 11.6 Å². The Morgan fingerprint density at radius 1 is 1.12 bits per heavy atom. The number of sulfonamides is 1. The van der Waals surface area contributed by atoms with Crippen LogP contribution in [0.2, 0.25) is 5.02 Å². The van der Waals surface area contributed by atoms with Crippen LogP contribution in [0, 0.1) is 5.92 Å². The number of halogens is 1. The van der Waals surface area contributed by atoms with E-state index in [0.29, 0.717) is 11.4 Å². The van der Waals surface area contributed by atoms with Crippen LogP contribution in [-0.2, 0) is 19.6 Å². The summed E-state index contributed by atoms with van der Waals surface area (Å²) in [6.07, 6.45) is 6.97. The fourth-order valence-corrected chi connectivity index (χ4v) is 5.31. The van der Waals surface area contributed by atoms with E-state index in [1.807, 2.05) is 19.9 Å². The lowest BCUT2D eigenvalue weighted by Gasteiger charge is -2.28. The van der Waals surface area contributed by atoms with E-state index in [0.717, 1.165) is 52.1 Å². The highest BCUT2D eigenvalue weighted by Gasteiger charge is 2.33. The molecular weight excluding hydrogens is 450 g/mol. The maximum absolute atomic E-state index is 13.4. The van der Waals surface area contributed by atoms with Gasteiger partial charge in [-0.1, -0.05) is 50.4 Å². The summed E-state index contributed by atoms with van der Waals surface area (Å²) in [5.74, 6) is -0.524. The zero-order valence-electron chi connectivity index (χ0n) is 19.1. The van der Waals surface area contributed by atoms with Gasteiger partial charge in [0.05, 0.1) is 18.1 Å². The number of nitrogens with two attached hydrogens (primary N) is 1. The molecule has 32 heavy (non-hydrogen) atoms. The molecule has 9 heteroatoms. The number of primary amides is 1. The molecule has 2 rings (SSSR count). The molecule has 1 atom stereocenters. The highest BCUT2D eigenvalue weighted by molar-refractivity contribution is 7.89. The van der Waals surface area contributed by atoms with E-state index in [2.05, 4.69) is 4.90 Å². The molecule has 0 saturated carbocycles. The predicted octanol–water partition coefficient (Wildman–Crippen LogP) is 3.29. The predicted molar refractivity (Wildman–Crippen MR) is 128 cm³/mol. The molecular formula is C23H36ClN3O4S. The van der Waals surface area contributed by atoms with Crippen molar-refractivity contribution in [3.05, 3.63) is 41.4 Å². The minimum absolute atomic E-state index is 0.0958. The van der Waals surface area contributed by atoms with Crippen molar-refractivity contribution in [2.24, 2.45) is 11.7 Å². The summed E-state index contributed by atoms with van der Waals surface area (Å²) in [6.45, 7) is 8.68. The summed E-state index contributed by atoms with van der Waals surface area (Å²) >= 11 is 5.92. The smallest absolute Gasteiger partial charge is 0.244 e. The fraction of sp³-hybridized carbons (Fsp3) is 0.609. The van der Waals surface area contributed by atoms with E-state index in [4.69, 9.17) is 22.1 Å².